The van der Waals surface area contributed by atoms with Crippen LogP contribution in [0.4, 0.5) is 0 Å². The average molecular weight is 194 g/mol. The molecule has 0 amide bonds. The van der Waals surface area contributed by atoms with Gasteiger partial charge in [-0.25, -0.2) is 0 Å². The molecule has 0 radical (unpaired) electrons. The summed E-state index contributed by atoms with van der Waals surface area (Å²) in [5, 5.41) is 0. The Morgan fingerprint density at radius 1 is 0.714 bits per heavy atom. The second kappa shape index (κ2) is 2.35. The van der Waals surface area contributed by atoms with Gasteiger partial charge in [-0.2, -0.15) is 0 Å². The lowest BCUT2D eigenvalue weighted by Crippen LogP contribution is -2.41. The van der Waals surface area contributed by atoms with Crippen molar-refractivity contribution in [3.8, 4) is 0 Å². The van der Waals surface area contributed by atoms with Gasteiger partial charge in [0.25, 0.3) is 0 Å². The molecule has 2 nitrogen and oxygen atoms in total. The van der Waals surface area contributed by atoms with Crippen LogP contribution in [0.1, 0.15) is 51.4 Å². The second-order valence-electron chi connectivity index (χ2n) is 5.48. The van der Waals surface area contributed by atoms with Crippen LogP contribution in [-0.4, -0.2) is 23.4 Å². The van der Waals surface area contributed by atoms with Crippen molar-refractivity contribution in [1.82, 2.24) is 0 Å². The molecule has 2 heteroatoms. The molecule has 0 aromatic rings. The van der Waals surface area contributed by atoms with E-state index in [-0.39, 0.29) is 11.2 Å². The molecule has 78 valence electrons. The zero-order chi connectivity index (χ0) is 9.23. The third-order valence-electron chi connectivity index (χ3n) is 4.88. The topological polar surface area (TPSA) is 25.1 Å². The molecule has 2 aliphatic heterocycles. The van der Waals surface area contributed by atoms with E-state index in [1.807, 2.05) is 0 Å². The van der Waals surface area contributed by atoms with Gasteiger partial charge in [0.2, 0.25) is 0 Å². The second-order valence-corrected chi connectivity index (χ2v) is 5.48. The highest BCUT2D eigenvalue weighted by Gasteiger charge is 2.79. The quantitative estimate of drug-likeness (QED) is 0.599. The summed E-state index contributed by atoms with van der Waals surface area (Å²) in [5.41, 5.74) is 0.409. The van der Waals surface area contributed by atoms with Gasteiger partial charge in [-0.15, -0.1) is 0 Å². The summed E-state index contributed by atoms with van der Waals surface area (Å²) < 4.78 is 12.0. The van der Waals surface area contributed by atoms with Crippen LogP contribution in [0, 0.1) is 0 Å². The van der Waals surface area contributed by atoms with E-state index in [9.17, 15) is 0 Å². The van der Waals surface area contributed by atoms with E-state index in [0.717, 1.165) is 0 Å². The highest BCUT2D eigenvalue weighted by molar-refractivity contribution is 5.27. The van der Waals surface area contributed by atoms with Crippen molar-refractivity contribution < 1.29 is 9.47 Å². The standard InChI is InChI=1S/C12H18O2/c1-3-7-11(9(5-1)13-11)12-8-4-2-6-10(12)14-12/h9-10H,1-8H2. The molecular formula is C12H18O2. The predicted molar refractivity (Wildman–Crippen MR) is 52.1 cm³/mol. The van der Waals surface area contributed by atoms with E-state index in [1.54, 1.807) is 0 Å². The molecule has 2 saturated carbocycles. The minimum atomic E-state index is 0.205. The van der Waals surface area contributed by atoms with Crippen molar-refractivity contribution in [2.75, 3.05) is 0 Å². The summed E-state index contributed by atoms with van der Waals surface area (Å²) in [6.07, 6.45) is 11.7. The van der Waals surface area contributed by atoms with Crippen molar-refractivity contribution in [3.05, 3.63) is 0 Å². The summed E-state index contributed by atoms with van der Waals surface area (Å²) in [7, 11) is 0. The molecule has 0 aromatic carbocycles. The smallest absolute Gasteiger partial charge is 0.126 e. The van der Waals surface area contributed by atoms with E-state index in [4.69, 9.17) is 9.47 Å². The Morgan fingerprint density at radius 3 is 1.64 bits per heavy atom. The van der Waals surface area contributed by atoms with Crippen LogP contribution in [0.25, 0.3) is 0 Å². The predicted octanol–water partition coefficient (Wildman–Crippen LogP) is 2.41. The van der Waals surface area contributed by atoms with Gasteiger partial charge in [0.15, 0.2) is 0 Å². The van der Waals surface area contributed by atoms with E-state index in [2.05, 4.69) is 0 Å². The largest absolute Gasteiger partial charge is 0.363 e. The molecule has 4 rings (SSSR count). The minimum absolute atomic E-state index is 0.205. The zero-order valence-corrected chi connectivity index (χ0v) is 8.63. The first-order valence-electron chi connectivity index (χ1n) is 6.23. The number of fused-ring (bicyclic) bond motifs is 3. The third-order valence-corrected chi connectivity index (χ3v) is 4.88. The SMILES string of the molecule is C1CCC2(C34CCCCC3O4)OC2C1. The van der Waals surface area contributed by atoms with Crippen LogP contribution in [-0.2, 0) is 9.47 Å². The van der Waals surface area contributed by atoms with Crippen molar-refractivity contribution in [2.24, 2.45) is 0 Å². The summed E-state index contributed by atoms with van der Waals surface area (Å²) in [5.74, 6) is 0. The van der Waals surface area contributed by atoms with Gasteiger partial charge in [-0.1, -0.05) is 25.7 Å². The van der Waals surface area contributed by atoms with Crippen molar-refractivity contribution in [2.45, 2.75) is 74.8 Å². The Balaban J connectivity index is 1.63. The van der Waals surface area contributed by atoms with Gasteiger partial charge in [-0.05, 0) is 25.7 Å². The first kappa shape index (κ1) is 8.12. The molecule has 2 heterocycles. The number of epoxide rings is 2. The van der Waals surface area contributed by atoms with Gasteiger partial charge in [-0.3, -0.25) is 0 Å². The minimum Gasteiger partial charge on any atom is -0.363 e. The van der Waals surface area contributed by atoms with E-state index in [0.29, 0.717) is 12.2 Å². The van der Waals surface area contributed by atoms with Crippen LogP contribution < -0.4 is 0 Å². The molecule has 2 aliphatic carbocycles. The number of rotatable bonds is 1. The van der Waals surface area contributed by atoms with Gasteiger partial charge in [0.05, 0.1) is 12.2 Å². The third kappa shape index (κ3) is 0.772. The summed E-state index contributed by atoms with van der Waals surface area (Å²) in [6, 6.07) is 0. The Kier molecular flexibility index (Phi) is 1.37. The average Bonchev–Trinajstić information content (AvgIpc) is 3.11. The van der Waals surface area contributed by atoms with Crippen LogP contribution in [0.3, 0.4) is 0 Å². The Bertz CT molecular complexity index is 249. The maximum absolute atomic E-state index is 6.02. The molecule has 4 aliphatic rings. The molecule has 0 aromatic heterocycles. The summed E-state index contributed by atoms with van der Waals surface area (Å²) in [4.78, 5) is 0. The van der Waals surface area contributed by atoms with Crippen molar-refractivity contribution in [3.63, 3.8) is 0 Å². The normalized spacial score (nSPS) is 60.0. The van der Waals surface area contributed by atoms with E-state index >= 15 is 0 Å². The van der Waals surface area contributed by atoms with E-state index < -0.39 is 0 Å². The van der Waals surface area contributed by atoms with E-state index in [1.165, 1.54) is 51.4 Å². The Hall–Kier alpha value is -0.0800. The van der Waals surface area contributed by atoms with Crippen molar-refractivity contribution >= 4 is 0 Å². The molecule has 4 fully saturated rings. The first-order valence-corrected chi connectivity index (χ1v) is 6.23. The molecule has 4 unspecified atom stereocenters. The fourth-order valence-corrected chi connectivity index (χ4v) is 4.07. The van der Waals surface area contributed by atoms with Gasteiger partial charge >= 0.3 is 0 Å². The molecule has 4 atom stereocenters. The lowest BCUT2D eigenvalue weighted by Gasteiger charge is -2.27. The Morgan fingerprint density at radius 2 is 1.21 bits per heavy atom. The number of hydrogen-bond acceptors (Lipinski definition) is 2. The van der Waals surface area contributed by atoms with Gasteiger partial charge in [0, 0.05) is 0 Å². The lowest BCUT2D eigenvalue weighted by molar-refractivity contribution is 0.134. The molecule has 0 bridgehead atoms. The highest BCUT2D eigenvalue weighted by Crippen LogP contribution is 2.66. The molecule has 14 heavy (non-hydrogen) atoms. The van der Waals surface area contributed by atoms with Crippen LogP contribution >= 0.6 is 0 Å². The van der Waals surface area contributed by atoms with Crippen LogP contribution in [0.2, 0.25) is 0 Å². The highest BCUT2D eigenvalue weighted by atomic mass is 16.7. The molecule has 2 saturated heterocycles. The fourth-order valence-electron chi connectivity index (χ4n) is 4.07. The number of ether oxygens (including phenoxy) is 2. The van der Waals surface area contributed by atoms with Crippen LogP contribution in [0.5, 0.6) is 0 Å². The molecular weight excluding hydrogens is 176 g/mol. The lowest BCUT2D eigenvalue weighted by atomic mass is 9.72. The molecule has 0 N–H and O–H groups in total. The molecule has 0 spiro atoms. The summed E-state index contributed by atoms with van der Waals surface area (Å²) in [6.45, 7) is 0. The Labute approximate surface area is 85.0 Å². The first-order chi connectivity index (χ1) is 6.87. The van der Waals surface area contributed by atoms with Gasteiger partial charge < -0.3 is 9.47 Å². The zero-order valence-electron chi connectivity index (χ0n) is 8.63. The van der Waals surface area contributed by atoms with Crippen LogP contribution in [0.15, 0.2) is 0 Å². The fraction of sp³-hybridized carbons (Fsp3) is 1.00. The monoisotopic (exact) mass is 194 g/mol. The van der Waals surface area contributed by atoms with Gasteiger partial charge in [0.1, 0.15) is 11.2 Å². The number of hydrogen-bond donors (Lipinski definition) is 0. The maximum atomic E-state index is 6.02. The van der Waals surface area contributed by atoms with Crippen molar-refractivity contribution in [1.29, 1.82) is 0 Å². The summed E-state index contributed by atoms with van der Waals surface area (Å²) >= 11 is 0. The maximum Gasteiger partial charge on any atom is 0.126 e.